The first-order valence-electron chi connectivity index (χ1n) is 5.64. The third-order valence-corrected chi connectivity index (χ3v) is 4.59. The SMILES string of the molecule is CC(C)N(CCC#N)S(=O)(=O)c1cc(F)ccc1F. The predicted octanol–water partition coefficient (Wildman–Crippen LogP) is 2.28. The monoisotopic (exact) mass is 288 g/mol. The summed E-state index contributed by atoms with van der Waals surface area (Å²) >= 11 is 0. The quantitative estimate of drug-likeness (QED) is 0.835. The summed E-state index contributed by atoms with van der Waals surface area (Å²) in [6, 6.07) is 3.64. The van der Waals surface area contributed by atoms with Crippen LogP contribution in [0.25, 0.3) is 0 Å². The fourth-order valence-corrected chi connectivity index (χ4v) is 3.33. The molecular weight excluding hydrogens is 274 g/mol. The fraction of sp³-hybridized carbons (Fsp3) is 0.417. The van der Waals surface area contributed by atoms with Crippen LogP contribution in [0, 0.1) is 23.0 Å². The standard InChI is InChI=1S/C12H14F2N2O2S/c1-9(2)16(7-3-6-15)19(17,18)12-8-10(13)4-5-11(12)14/h4-5,8-9H,3,7H2,1-2H3. The van der Waals surface area contributed by atoms with Crippen LogP contribution in [0.3, 0.4) is 0 Å². The van der Waals surface area contributed by atoms with E-state index < -0.39 is 32.6 Å². The van der Waals surface area contributed by atoms with Gasteiger partial charge in [0.2, 0.25) is 10.0 Å². The number of sulfonamides is 1. The van der Waals surface area contributed by atoms with E-state index in [0.29, 0.717) is 6.07 Å². The van der Waals surface area contributed by atoms with Gasteiger partial charge in [-0.05, 0) is 32.0 Å². The summed E-state index contributed by atoms with van der Waals surface area (Å²) in [5, 5.41) is 8.53. The minimum atomic E-state index is -4.16. The van der Waals surface area contributed by atoms with Gasteiger partial charge in [0.15, 0.2) is 0 Å². The Morgan fingerprint density at radius 2 is 2.00 bits per heavy atom. The Labute approximate surface area is 111 Å². The van der Waals surface area contributed by atoms with E-state index in [1.807, 2.05) is 6.07 Å². The molecule has 0 aromatic heterocycles. The van der Waals surface area contributed by atoms with Crippen molar-refractivity contribution in [1.29, 1.82) is 5.26 Å². The molecule has 19 heavy (non-hydrogen) atoms. The van der Waals surface area contributed by atoms with E-state index >= 15 is 0 Å². The van der Waals surface area contributed by atoms with E-state index in [9.17, 15) is 17.2 Å². The molecule has 1 aromatic rings. The minimum Gasteiger partial charge on any atom is -0.207 e. The molecule has 0 aliphatic heterocycles. The van der Waals surface area contributed by atoms with Gasteiger partial charge >= 0.3 is 0 Å². The first-order valence-corrected chi connectivity index (χ1v) is 7.08. The lowest BCUT2D eigenvalue weighted by Crippen LogP contribution is -2.38. The molecule has 0 unspecified atom stereocenters. The average Bonchev–Trinajstić information content (AvgIpc) is 2.32. The Bertz CT molecular complexity index is 594. The highest BCUT2D eigenvalue weighted by Crippen LogP contribution is 2.22. The van der Waals surface area contributed by atoms with E-state index in [4.69, 9.17) is 5.26 Å². The molecule has 1 aromatic carbocycles. The zero-order valence-corrected chi connectivity index (χ0v) is 11.4. The highest BCUT2D eigenvalue weighted by atomic mass is 32.2. The molecule has 0 heterocycles. The molecule has 0 bridgehead atoms. The molecule has 0 saturated heterocycles. The summed E-state index contributed by atoms with van der Waals surface area (Å²) in [5.41, 5.74) is 0. The van der Waals surface area contributed by atoms with Crippen molar-refractivity contribution in [2.75, 3.05) is 6.54 Å². The normalized spacial score (nSPS) is 11.8. The third kappa shape index (κ3) is 3.49. The van der Waals surface area contributed by atoms with Crippen molar-refractivity contribution in [2.24, 2.45) is 0 Å². The molecule has 1 rings (SSSR count). The van der Waals surface area contributed by atoms with E-state index in [0.717, 1.165) is 16.4 Å². The molecule has 0 radical (unpaired) electrons. The van der Waals surface area contributed by atoms with Crippen LogP contribution in [0.15, 0.2) is 23.1 Å². The molecule has 0 saturated carbocycles. The first kappa shape index (κ1) is 15.5. The zero-order valence-electron chi connectivity index (χ0n) is 10.6. The number of rotatable bonds is 5. The lowest BCUT2D eigenvalue weighted by Gasteiger charge is -2.25. The van der Waals surface area contributed by atoms with Crippen molar-refractivity contribution < 1.29 is 17.2 Å². The van der Waals surface area contributed by atoms with E-state index in [2.05, 4.69) is 0 Å². The molecule has 7 heteroatoms. The van der Waals surface area contributed by atoms with Crippen LogP contribution in [0.2, 0.25) is 0 Å². The number of nitriles is 1. The van der Waals surface area contributed by atoms with Gasteiger partial charge in [-0.1, -0.05) is 0 Å². The van der Waals surface area contributed by atoms with Gasteiger partial charge < -0.3 is 0 Å². The Kier molecular flexibility index (Phi) is 4.97. The van der Waals surface area contributed by atoms with Gasteiger partial charge in [0.05, 0.1) is 6.07 Å². The molecule has 0 atom stereocenters. The van der Waals surface area contributed by atoms with Crippen LogP contribution in [0.5, 0.6) is 0 Å². The number of benzene rings is 1. The van der Waals surface area contributed by atoms with Crippen LogP contribution in [0.1, 0.15) is 20.3 Å². The molecule has 0 amide bonds. The van der Waals surface area contributed by atoms with Gasteiger partial charge in [0.25, 0.3) is 0 Å². The molecule has 0 aliphatic rings. The zero-order chi connectivity index (χ0) is 14.6. The summed E-state index contributed by atoms with van der Waals surface area (Å²) in [4.78, 5) is -0.709. The first-order chi connectivity index (χ1) is 8.80. The average molecular weight is 288 g/mol. The largest absolute Gasteiger partial charge is 0.246 e. The fourth-order valence-electron chi connectivity index (χ4n) is 1.62. The predicted molar refractivity (Wildman–Crippen MR) is 65.6 cm³/mol. The van der Waals surface area contributed by atoms with Crippen molar-refractivity contribution in [3.8, 4) is 6.07 Å². The Balaban J connectivity index is 3.27. The van der Waals surface area contributed by atoms with Gasteiger partial charge in [-0.15, -0.1) is 0 Å². The molecule has 104 valence electrons. The van der Waals surface area contributed by atoms with Crippen LogP contribution >= 0.6 is 0 Å². The maximum Gasteiger partial charge on any atom is 0.246 e. The van der Waals surface area contributed by atoms with Crippen molar-refractivity contribution in [1.82, 2.24) is 4.31 Å². The molecule has 0 spiro atoms. The van der Waals surface area contributed by atoms with Gasteiger partial charge in [0.1, 0.15) is 16.5 Å². The van der Waals surface area contributed by atoms with Crippen LogP contribution in [-0.4, -0.2) is 25.3 Å². The maximum atomic E-state index is 13.6. The van der Waals surface area contributed by atoms with Crippen molar-refractivity contribution >= 4 is 10.0 Å². The molecule has 0 N–H and O–H groups in total. The Morgan fingerprint density at radius 1 is 1.37 bits per heavy atom. The van der Waals surface area contributed by atoms with Gasteiger partial charge in [-0.3, -0.25) is 0 Å². The van der Waals surface area contributed by atoms with Crippen LogP contribution < -0.4 is 0 Å². The van der Waals surface area contributed by atoms with Crippen molar-refractivity contribution in [3.63, 3.8) is 0 Å². The summed E-state index contributed by atoms with van der Waals surface area (Å²) in [7, 11) is -4.16. The van der Waals surface area contributed by atoms with Crippen LogP contribution in [0.4, 0.5) is 8.78 Å². The van der Waals surface area contributed by atoms with Crippen molar-refractivity contribution in [3.05, 3.63) is 29.8 Å². The molecule has 4 nitrogen and oxygen atoms in total. The maximum absolute atomic E-state index is 13.6. The molecule has 0 aliphatic carbocycles. The minimum absolute atomic E-state index is 0.0195. The van der Waals surface area contributed by atoms with E-state index in [1.165, 1.54) is 0 Å². The lowest BCUT2D eigenvalue weighted by atomic mass is 10.3. The second-order valence-corrected chi connectivity index (χ2v) is 6.05. The highest BCUT2D eigenvalue weighted by molar-refractivity contribution is 7.89. The molecular formula is C12H14F2N2O2S. The second kappa shape index (κ2) is 6.08. The second-order valence-electron chi connectivity index (χ2n) is 4.19. The number of hydrogen-bond donors (Lipinski definition) is 0. The number of nitrogens with zero attached hydrogens (tertiary/aromatic N) is 2. The van der Waals surface area contributed by atoms with Crippen molar-refractivity contribution in [2.45, 2.75) is 31.2 Å². The van der Waals surface area contributed by atoms with E-state index in [1.54, 1.807) is 13.8 Å². The Hall–Kier alpha value is -1.52. The number of halogens is 2. The Morgan fingerprint density at radius 3 is 2.53 bits per heavy atom. The van der Waals surface area contributed by atoms with E-state index in [-0.39, 0.29) is 13.0 Å². The number of hydrogen-bond acceptors (Lipinski definition) is 3. The summed E-state index contributed by atoms with van der Waals surface area (Å²) in [5.74, 6) is -1.84. The topological polar surface area (TPSA) is 61.2 Å². The third-order valence-electron chi connectivity index (χ3n) is 2.50. The van der Waals surface area contributed by atoms with Crippen LogP contribution in [-0.2, 0) is 10.0 Å². The van der Waals surface area contributed by atoms with Gasteiger partial charge in [-0.2, -0.15) is 9.57 Å². The van der Waals surface area contributed by atoms with Gasteiger partial charge in [-0.25, -0.2) is 17.2 Å². The smallest absolute Gasteiger partial charge is 0.207 e. The summed E-state index contributed by atoms with van der Waals surface area (Å²) in [6.45, 7) is 3.14. The highest BCUT2D eigenvalue weighted by Gasteiger charge is 2.29. The summed E-state index contributed by atoms with van der Waals surface area (Å²) < 4.78 is 52.2. The molecule has 0 fully saturated rings. The lowest BCUT2D eigenvalue weighted by molar-refractivity contribution is 0.358. The van der Waals surface area contributed by atoms with Gasteiger partial charge in [0, 0.05) is 19.0 Å². The summed E-state index contributed by atoms with van der Waals surface area (Å²) in [6.07, 6.45) is -0.0195.